The first-order valence-corrected chi connectivity index (χ1v) is 8.91. The van der Waals surface area contributed by atoms with E-state index in [1.165, 1.54) is 0 Å². The minimum absolute atomic E-state index is 0.137. The summed E-state index contributed by atoms with van der Waals surface area (Å²) in [5.41, 5.74) is 5.43. The smallest absolute Gasteiger partial charge is 0.214 e. The predicted octanol–water partition coefficient (Wildman–Crippen LogP) is 0.505. The first-order chi connectivity index (χ1) is 9.60. The molecule has 0 spiro atoms. The number of sulfonamides is 1. The molecule has 0 radical (unpaired) electrons. The Morgan fingerprint density at radius 2 is 1.81 bits per heavy atom. The lowest BCUT2D eigenvalue weighted by Crippen LogP contribution is -2.55. The third-order valence-corrected chi connectivity index (χ3v) is 5.95. The molecule has 1 unspecified atom stereocenters. The fourth-order valence-electron chi connectivity index (χ4n) is 2.65. The van der Waals surface area contributed by atoms with E-state index in [4.69, 9.17) is 10.9 Å². The van der Waals surface area contributed by atoms with E-state index in [-0.39, 0.29) is 23.0 Å². The third-order valence-electron chi connectivity index (χ3n) is 3.57. The van der Waals surface area contributed by atoms with Crippen molar-refractivity contribution in [3.8, 4) is 0 Å². The van der Waals surface area contributed by atoms with Gasteiger partial charge in [0, 0.05) is 26.2 Å². The monoisotopic (exact) mass is 320 g/mol. The van der Waals surface area contributed by atoms with Crippen LogP contribution in [0.5, 0.6) is 0 Å². The van der Waals surface area contributed by atoms with Crippen molar-refractivity contribution in [3.63, 3.8) is 0 Å². The molecule has 0 aliphatic carbocycles. The van der Waals surface area contributed by atoms with Crippen LogP contribution in [0.1, 0.15) is 34.1 Å². The molecule has 8 heteroatoms. The van der Waals surface area contributed by atoms with Crippen LogP contribution in [-0.4, -0.2) is 66.6 Å². The molecule has 0 amide bonds. The molecule has 0 aromatic carbocycles. The molecular formula is C13H28N4O3S. The number of amidine groups is 1. The van der Waals surface area contributed by atoms with Gasteiger partial charge >= 0.3 is 0 Å². The summed E-state index contributed by atoms with van der Waals surface area (Å²) in [6.07, 6.45) is 0.727. The number of nitrogens with two attached hydrogens (primary N) is 1. The van der Waals surface area contributed by atoms with Gasteiger partial charge in [-0.25, -0.2) is 8.42 Å². The molecule has 0 aromatic rings. The zero-order valence-electron chi connectivity index (χ0n) is 13.4. The Morgan fingerprint density at radius 1 is 1.29 bits per heavy atom. The van der Waals surface area contributed by atoms with Crippen LogP contribution >= 0.6 is 0 Å². The first-order valence-electron chi connectivity index (χ1n) is 7.30. The third kappa shape index (κ3) is 5.12. The molecule has 0 saturated carbocycles. The summed E-state index contributed by atoms with van der Waals surface area (Å²) in [6, 6.07) is -0.137. The Balaban J connectivity index is 2.67. The Labute approximate surface area is 127 Å². The lowest BCUT2D eigenvalue weighted by molar-refractivity contribution is 0.160. The largest absolute Gasteiger partial charge is 0.409 e. The molecule has 124 valence electrons. The SMILES string of the molecule is CCC(C(N)=NO)N1CCN(S(=O)(=O)CC(C)(C)C)CC1. The molecular weight excluding hydrogens is 292 g/mol. The van der Waals surface area contributed by atoms with E-state index >= 15 is 0 Å². The van der Waals surface area contributed by atoms with Crippen LogP contribution in [0.3, 0.4) is 0 Å². The van der Waals surface area contributed by atoms with Crippen LogP contribution in [0, 0.1) is 5.41 Å². The minimum Gasteiger partial charge on any atom is -0.409 e. The Hall–Kier alpha value is -0.860. The van der Waals surface area contributed by atoms with Crippen LogP contribution in [0.25, 0.3) is 0 Å². The number of hydrogen-bond acceptors (Lipinski definition) is 5. The quantitative estimate of drug-likeness (QED) is 0.333. The summed E-state index contributed by atoms with van der Waals surface area (Å²) in [4.78, 5) is 2.07. The summed E-state index contributed by atoms with van der Waals surface area (Å²) in [7, 11) is -3.23. The Kier molecular flexibility index (Phi) is 6.01. The average Bonchev–Trinajstić information content (AvgIpc) is 2.37. The second-order valence-corrected chi connectivity index (χ2v) is 8.67. The van der Waals surface area contributed by atoms with Gasteiger partial charge in [-0.2, -0.15) is 4.31 Å². The molecule has 1 atom stereocenters. The number of piperazine rings is 1. The van der Waals surface area contributed by atoms with Crippen molar-refractivity contribution < 1.29 is 13.6 Å². The summed E-state index contributed by atoms with van der Waals surface area (Å²) < 4.78 is 26.3. The van der Waals surface area contributed by atoms with Gasteiger partial charge in [-0.1, -0.05) is 32.9 Å². The van der Waals surface area contributed by atoms with E-state index in [0.717, 1.165) is 6.42 Å². The zero-order chi connectivity index (χ0) is 16.3. The highest BCUT2D eigenvalue weighted by molar-refractivity contribution is 7.89. The second kappa shape index (κ2) is 6.93. The van der Waals surface area contributed by atoms with E-state index in [0.29, 0.717) is 26.2 Å². The van der Waals surface area contributed by atoms with E-state index in [9.17, 15) is 8.42 Å². The number of oxime groups is 1. The summed E-state index contributed by atoms with van der Waals surface area (Å²) in [5.74, 6) is 0.334. The van der Waals surface area contributed by atoms with Crippen molar-refractivity contribution in [2.24, 2.45) is 16.3 Å². The number of nitrogens with zero attached hydrogens (tertiary/aromatic N) is 3. The molecule has 1 fully saturated rings. The fourth-order valence-corrected chi connectivity index (χ4v) is 4.65. The van der Waals surface area contributed by atoms with Crippen molar-refractivity contribution in [3.05, 3.63) is 0 Å². The molecule has 1 saturated heterocycles. The minimum atomic E-state index is -3.23. The highest BCUT2D eigenvalue weighted by Crippen LogP contribution is 2.20. The molecule has 21 heavy (non-hydrogen) atoms. The van der Waals surface area contributed by atoms with Gasteiger partial charge in [0.15, 0.2) is 5.84 Å². The van der Waals surface area contributed by atoms with E-state index < -0.39 is 10.0 Å². The summed E-state index contributed by atoms with van der Waals surface area (Å²) in [6.45, 7) is 9.83. The molecule has 1 rings (SSSR count). The van der Waals surface area contributed by atoms with Crippen molar-refractivity contribution in [2.75, 3.05) is 31.9 Å². The van der Waals surface area contributed by atoms with E-state index in [1.54, 1.807) is 4.31 Å². The maximum Gasteiger partial charge on any atom is 0.214 e. The Bertz CT molecular complexity index is 462. The summed E-state index contributed by atoms with van der Waals surface area (Å²) in [5, 5.41) is 11.9. The molecule has 7 nitrogen and oxygen atoms in total. The van der Waals surface area contributed by atoms with Crippen LogP contribution in [-0.2, 0) is 10.0 Å². The van der Waals surface area contributed by atoms with Gasteiger partial charge in [0.2, 0.25) is 10.0 Å². The van der Waals surface area contributed by atoms with E-state index in [1.807, 2.05) is 27.7 Å². The van der Waals surface area contributed by atoms with Gasteiger partial charge in [-0.15, -0.1) is 0 Å². The fraction of sp³-hybridized carbons (Fsp3) is 0.923. The highest BCUT2D eigenvalue weighted by Gasteiger charge is 2.33. The van der Waals surface area contributed by atoms with Gasteiger partial charge in [-0.3, -0.25) is 4.90 Å². The zero-order valence-corrected chi connectivity index (χ0v) is 14.2. The maximum absolute atomic E-state index is 12.4. The summed E-state index contributed by atoms with van der Waals surface area (Å²) >= 11 is 0. The van der Waals surface area contributed by atoms with Crippen LogP contribution in [0.4, 0.5) is 0 Å². The lowest BCUT2D eigenvalue weighted by atomic mass is 10.0. The van der Waals surface area contributed by atoms with Gasteiger partial charge in [-0.05, 0) is 11.8 Å². The van der Waals surface area contributed by atoms with Crippen LogP contribution in [0.2, 0.25) is 0 Å². The van der Waals surface area contributed by atoms with E-state index in [2.05, 4.69) is 10.1 Å². The number of hydrogen-bond donors (Lipinski definition) is 2. The van der Waals surface area contributed by atoms with Crippen LogP contribution in [0.15, 0.2) is 5.16 Å². The van der Waals surface area contributed by atoms with Crippen molar-refractivity contribution in [1.82, 2.24) is 9.21 Å². The van der Waals surface area contributed by atoms with Crippen molar-refractivity contribution in [1.29, 1.82) is 0 Å². The highest BCUT2D eigenvalue weighted by atomic mass is 32.2. The molecule has 1 aliphatic heterocycles. The van der Waals surface area contributed by atoms with Crippen molar-refractivity contribution >= 4 is 15.9 Å². The van der Waals surface area contributed by atoms with Gasteiger partial charge in [0.05, 0.1) is 11.8 Å². The molecule has 0 bridgehead atoms. The maximum atomic E-state index is 12.4. The average molecular weight is 320 g/mol. The number of rotatable bonds is 5. The first kappa shape index (κ1) is 18.2. The predicted molar refractivity (Wildman–Crippen MR) is 83.9 cm³/mol. The van der Waals surface area contributed by atoms with Crippen molar-refractivity contribution in [2.45, 2.75) is 40.2 Å². The molecule has 0 aromatic heterocycles. The normalized spacial score (nSPS) is 21.4. The standard InChI is InChI=1S/C13H28N4O3S/c1-5-11(12(14)15-18)16-6-8-17(9-7-16)21(19,20)10-13(2,3)4/h11,18H,5-10H2,1-4H3,(H2,14,15). The topological polar surface area (TPSA) is 99.2 Å². The Morgan fingerprint density at radius 3 is 2.19 bits per heavy atom. The molecule has 1 heterocycles. The van der Waals surface area contributed by atoms with Gasteiger partial charge in [0.25, 0.3) is 0 Å². The van der Waals surface area contributed by atoms with Crippen LogP contribution < -0.4 is 5.73 Å². The lowest BCUT2D eigenvalue weighted by Gasteiger charge is -2.38. The molecule has 3 N–H and O–H groups in total. The molecule has 1 aliphatic rings. The van der Waals surface area contributed by atoms with Gasteiger partial charge in [0.1, 0.15) is 0 Å². The van der Waals surface area contributed by atoms with Gasteiger partial charge < -0.3 is 10.9 Å². The second-order valence-electron chi connectivity index (χ2n) is 6.70.